The zero-order valence-corrected chi connectivity index (χ0v) is 19.6. The molecule has 3 aromatic rings. The monoisotopic (exact) mass is 465 g/mol. The highest BCUT2D eigenvalue weighted by molar-refractivity contribution is 5.89. The molecule has 1 saturated carbocycles. The van der Waals surface area contributed by atoms with Gasteiger partial charge in [0, 0.05) is 41.8 Å². The Morgan fingerprint density at radius 3 is 2.44 bits per heavy atom. The van der Waals surface area contributed by atoms with E-state index in [0.29, 0.717) is 24.7 Å². The van der Waals surface area contributed by atoms with Crippen molar-refractivity contribution >= 4 is 16.7 Å². The number of ketones is 1. The van der Waals surface area contributed by atoms with E-state index in [9.17, 15) is 19.4 Å². The van der Waals surface area contributed by atoms with Crippen LogP contribution in [0.4, 0.5) is 4.39 Å². The normalized spacial score (nSPS) is 21.7. The minimum absolute atomic E-state index is 0.0648. The molecule has 5 rings (SSSR count). The molecule has 2 aromatic carbocycles. The number of aliphatic hydroxyl groups excluding tert-OH is 1. The molecular weight excluding hydrogens is 433 g/mol. The third-order valence-corrected chi connectivity index (χ3v) is 7.78. The molecule has 2 heterocycles. The van der Waals surface area contributed by atoms with Crippen LogP contribution in [0.2, 0.25) is 0 Å². The molecule has 0 bridgehead atoms. The molecule has 34 heavy (non-hydrogen) atoms. The number of phenolic OH excluding ortho intramolecular Hbond substituents is 1. The third-order valence-electron chi connectivity index (χ3n) is 7.78. The number of rotatable bonds is 5. The Bertz CT molecular complexity index is 1200. The first-order chi connectivity index (χ1) is 16.5. The van der Waals surface area contributed by atoms with Crippen LogP contribution in [0.3, 0.4) is 0 Å². The molecule has 180 valence electrons. The Hall–Kier alpha value is -2.70. The zero-order valence-electron chi connectivity index (χ0n) is 19.6. The van der Waals surface area contributed by atoms with Gasteiger partial charge in [-0.25, -0.2) is 4.39 Å². The third kappa shape index (κ3) is 4.14. The molecule has 1 aromatic heterocycles. The number of aromatic nitrogens is 1. The molecule has 1 aliphatic carbocycles. The van der Waals surface area contributed by atoms with Crippen molar-refractivity contribution in [3.8, 4) is 11.4 Å². The summed E-state index contributed by atoms with van der Waals surface area (Å²) in [7, 11) is 0. The highest BCUT2D eigenvalue weighted by Crippen LogP contribution is 2.47. The average Bonchev–Trinajstić information content (AvgIpc) is 3.20. The second-order valence-corrected chi connectivity index (χ2v) is 9.83. The zero-order chi connectivity index (χ0) is 23.8. The van der Waals surface area contributed by atoms with Crippen LogP contribution in [-0.4, -0.2) is 40.4 Å². The summed E-state index contributed by atoms with van der Waals surface area (Å²) >= 11 is 0. The van der Waals surface area contributed by atoms with Gasteiger partial charge in [0.25, 0.3) is 0 Å². The summed E-state index contributed by atoms with van der Waals surface area (Å²) in [5.74, 6) is 0.411. The molecule has 0 atom stereocenters. The maximum atomic E-state index is 14.2. The van der Waals surface area contributed by atoms with Crippen molar-refractivity contribution in [2.24, 2.45) is 5.92 Å². The van der Waals surface area contributed by atoms with Crippen LogP contribution < -0.4 is 0 Å². The summed E-state index contributed by atoms with van der Waals surface area (Å²) in [4.78, 5) is 12.1. The summed E-state index contributed by atoms with van der Waals surface area (Å²) in [5, 5.41) is 20.7. The number of aliphatic hydroxyl groups is 1. The van der Waals surface area contributed by atoms with Gasteiger partial charge in [0.2, 0.25) is 0 Å². The van der Waals surface area contributed by atoms with Crippen LogP contribution in [0.25, 0.3) is 16.6 Å². The summed E-state index contributed by atoms with van der Waals surface area (Å²) in [6, 6.07) is 10.8. The van der Waals surface area contributed by atoms with Crippen LogP contribution >= 0.6 is 0 Å². The number of carbonyl (C=O) groups excluding carboxylic acids is 1. The number of phenols is 1. The highest BCUT2D eigenvalue weighted by atomic mass is 19.1. The number of nitrogens with zero attached hydrogens (tertiary/aromatic N) is 1. The fraction of sp³-hybridized carbons (Fsp3) is 0.464. The fourth-order valence-electron chi connectivity index (χ4n) is 6.00. The number of Topliss-reactive ketones (excluding diaryl/α,β-unsaturated/α-hetero) is 1. The van der Waals surface area contributed by atoms with Gasteiger partial charge in [-0.3, -0.25) is 4.79 Å². The van der Waals surface area contributed by atoms with Gasteiger partial charge >= 0.3 is 0 Å². The van der Waals surface area contributed by atoms with E-state index in [4.69, 9.17) is 4.74 Å². The number of ether oxygens (including phenoxy) is 1. The van der Waals surface area contributed by atoms with E-state index in [1.54, 1.807) is 13.0 Å². The topological polar surface area (TPSA) is 71.7 Å². The van der Waals surface area contributed by atoms with Gasteiger partial charge < -0.3 is 19.5 Å². The number of hydrogen-bond donors (Lipinski definition) is 2. The van der Waals surface area contributed by atoms with Crippen LogP contribution in [-0.2, 0) is 9.53 Å². The quantitative estimate of drug-likeness (QED) is 0.521. The molecule has 6 heteroatoms. The van der Waals surface area contributed by atoms with Crippen LogP contribution in [0.1, 0.15) is 67.2 Å². The van der Waals surface area contributed by atoms with Gasteiger partial charge in [0.15, 0.2) is 5.78 Å². The van der Waals surface area contributed by atoms with E-state index in [2.05, 4.69) is 4.57 Å². The Kier molecular flexibility index (Phi) is 6.45. The molecule has 2 N–H and O–H groups in total. The molecule has 5 nitrogen and oxygen atoms in total. The highest BCUT2D eigenvalue weighted by Gasteiger charge is 2.34. The van der Waals surface area contributed by atoms with Gasteiger partial charge in [0.1, 0.15) is 18.2 Å². The maximum absolute atomic E-state index is 14.2. The van der Waals surface area contributed by atoms with Crippen molar-refractivity contribution in [2.75, 3.05) is 19.8 Å². The molecule has 2 aliphatic rings. The summed E-state index contributed by atoms with van der Waals surface area (Å²) < 4.78 is 22.1. The van der Waals surface area contributed by atoms with Crippen molar-refractivity contribution in [1.29, 1.82) is 0 Å². The van der Waals surface area contributed by atoms with E-state index in [1.807, 2.05) is 24.3 Å². The van der Waals surface area contributed by atoms with Crippen molar-refractivity contribution < 1.29 is 24.1 Å². The smallest absolute Gasteiger partial charge is 0.161 e. The molecule has 2 fully saturated rings. The lowest BCUT2D eigenvalue weighted by Crippen LogP contribution is -2.24. The van der Waals surface area contributed by atoms with Gasteiger partial charge in [0.05, 0.1) is 5.52 Å². The Morgan fingerprint density at radius 1 is 1.03 bits per heavy atom. The average molecular weight is 466 g/mol. The van der Waals surface area contributed by atoms with E-state index in [0.717, 1.165) is 55.1 Å². The first-order valence-corrected chi connectivity index (χ1v) is 12.3. The first-order valence-electron chi connectivity index (χ1n) is 12.3. The number of benzene rings is 2. The molecule has 0 radical (unpaired) electrons. The van der Waals surface area contributed by atoms with Gasteiger partial charge in [-0.1, -0.05) is 0 Å². The van der Waals surface area contributed by atoms with Gasteiger partial charge in [-0.05, 0) is 98.9 Å². The molecular formula is C28H32FNO4. The number of hydrogen-bond acceptors (Lipinski definition) is 4. The van der Waals surface area contributed by atoms with Crippen molar-refractivity contribution in [1.82, 2.24) is 4.57 Å². The standard InChI is InChI=1S/C28H32FNO4/c1-17-14-21(6-8-24(17)29)30-25-9-7-22(32)15-23(25)27(28(30)20-10-12-34-13-11-20)19-4-2-18(3-5-19)26(33)16-31/h6-9,14-15,18-20,31-32H,2-5,10-13,16H2,1H3. The van der Waals surface area contributed by atoms with E-state index in [-0.39, 0.29) is 35.8 Å². The number of halogens is 1. The SMILES string of the molecule is Cc1cc(-n2c(C3CCOCC3)c(C3CCC(C(=O)CO)CC3)c3cc(O)ccc32)ccc1F. The fourth-order valence-corrected chi connectivity index (χ4v) is 6.00. The summed E-state index contributed by atoms with van der Waals surface area (Å²) in [5.41, 5.74) is 5.00. The lowest BCUT2D eigenvalue weighted by Gasteiger charge is -2.31. The minimum Gasteiger partial charge on any atom is -0.508 e. The van der Waals surface area contributed by atoms with Gasteiger partial charge in [-0.2, -0.15) is 0 Å². The van der Waals surface area contributed by atoms with Crippen LogP contribution in [0.5, 0.6) is 5.75 Å². The van der Waals surface area contributed by atoms with Crippen LogP contribution in [0.15, 0.2) is 36.4 Å². The van der Waals surface area contributed by atoms with E-state index in [1.165, 1.54) is 17.3 Å². The molecule has 0 unspecified atom stereocenters. The maximum Gasteiger partial charge on any atom is 0.161 e. The van der Waals surface area contributed by atoms with E-state index >= 15 is 0 Å². The Balaban J connectivity index is 1.70. The van der Waals surface area contributed by atoms with Crippen LogP contribution in [0, 0.1) is 18.7 Å². The summed E-state index contributed by atoms with van der Waals surface area (Å²) in [6.07, 6.45) is 5.08. The first kappa shape index (κ1) is 23.1. The summed E-state index contributed by atoms with van der Waals surface area (Å²) in [6.45, 7) is 2.80. The lowest BCUT2D eigenvalue weighted by molar-refractivity contribution is -0.126. The molecule has 1 aliphatic heterocycles. The molecule has 0 amide bonds. The lowest BCUT2D eigenvalue weighted by atomic mass is 9.75. The van der Waals surface area contributed by atoms with Crippen molar-refractivity contribution in [3.05, 3.63) is 59.0 Å². The largest absolute Gasteiger partial charge is 0.508 e. The Labute approximate surface area is 199 Å². The van der Waals surface area contributed by atoms with Gasteiger partial charge in [-0.15, -0.1) is 0 Å². The second kappa shape index (κ2) is 9.51. The second-order valence-electron chi connectivity index (χ2n) is 9.83. The number of carbonyl (C=O) groups is 1. The predicted octanol–water partition coefficient (Wildman–Crippen LogP) is 5.51. The number of aryl methyl sites for hydroxylation is 1. The van der Waals surface area contributed by atoms with E-state index < -0.39 is 0 Å². The minimum atomic E-state index is -0.389. The number of fused-ring (bicyclic) bond motifs is 1. The molecule has 0 spiro atoms. The number of aromatic hydroxyl groups is 1. The molecule has 1 saturated heterocycles. The Morgan fingerprint density at radius 2 is 1.76 bits per heavy atom. The van der Waals surface area contributed by atoms with Crippen molar-refractivity contribution in [2.45, 2.75) is 57.3 Å². The van der Waals surface area contributed by atoms with Crippen molar-refractivity contribution in [3.63, 3.8) is 0 Å². The predicted molar refractivity (Wildman–Crippen MR) is 129 cm³/mol.